The van der Waals surface area contributed by atoms with Gasteiger partial charge in [0.05, 0.1) is 19.3 Å². The number of rotatable bonds is 24. The minimum Gasteiger partial charge on any atom is -0.494 e. The number of benzene rings is 1. The van der Waals surface area contributed by atoms with Crippen molar-refractivity contribution in [2.45, 2.75) is 117 Å². The van der Waals surface area contributed by atoms with Crippen molar-refractivity contribution in [1.82, 2.24) is 0 Å². The Hall–Kier alpha value is -1.24. The zero-order chi connectivity index (χ0) is 27.4. The SMILES string of the molecule is CCCCCCCCCCCCOc1ccc(CCCC(COP(=O)(O)OC(C)CN)CC(C)=O)cc1. The number of ketones is 1. The summed E-state index contributed by atoms with van der Waals surface area (Å²) in [4.78, 5) is 21.5. The molecule has 1 aromatic carbocycles. The number of carbonyl (C=O) groups excluding carboxylic acids is 1. The molecule has 8 heteroatoms. The molecular weight excluding hydrogens is 489 g/mol. The molecule has 0 fully saturated rings. The smallest absolute Gasteiger partial charge is 0.472 e. The Balaban J connectivity index is 2.25. The van der Waals surface area contributed by atoms with Crippen LogP contribution in [0.3, 0.4) is 0 Å². The predicted molar refractivity (Wildman–Crippen MR) is 151 cm³/mol. The van der Waals surface area contributed by atoms with E-state index in [4.69, 9.17) is 19.5 Å². The normalized spacial score (nSPS) is 14.7. The molecule has 0 saturated carbocycles. The monoisotopic (exact) mass is 541 g/mol. The lowest BCUT2D eigenvalue weighted by molar-refractivity contribution is -0.118. The third-order valence-corrected chi connectivity index (χ3v) is 7.56. The molecule has 0 aliphatic heterocycles. The van der Waals surface area contributed by atoms with Crippen LogP contribution in [0.1, 0.15) is 110 Å². The van der Waals surface area contributed by atoms with Crippen LogP contribution >= 0.6 is 7.82 Å². The highest BCUT2D eigenvalue weighted by Gasteiger charge is 2.26. The van der Waals surface area contributed by atoms with Crippen molar-refractivity contribution in [3.63, 3.8) is 0 Å². The molecule has 0 saturated heterocycles. The first kappa shape index (κ1) is 33.8. The van der Waals surface area contributed by atoms with E-state index in [9.17, 15) is 14.3 Å². The minimum atomic E-state index is -4.19. The first-order valence-corrected chi connectivity index (χ1v) is 15.8. The minimum absolute atomic E-state index is 0.00359. The second-order valence-electron chi connectivity index (χ2n) is 10.3. The summed E-state index contributed by atoms with van der Waals surface area (Å²) >= 11 is 0. The van der Waals surface area contributed by atoms with Gasteiger partial charge in [0.25, 0.3) is 0 Å². The van der Waals surface area contributed by atoms with Gasteiger partial charge in [-0.3, -0.25) is 9.05 Å². The van der Waals surface area contributed by atoms with E-state index in [0.29, 0.717) is 12.8 Å². The molecule has 1 aromatic rings. The van der Waals surface area contributed by atoms with E-state index >= 15 is 0 Å². The standard InChI is InChI=1S/C29H52NO6P/c1-4-5-6-7-8-9-10-11-12-13-21-34-29-19-17-27(18-20-29)15-14-16-28(22-25(2)31)24-35-37(32,33)36-26(3)23-30/h17-20,26,28H,4-16,21-24,30H2,1-3H3,(H,32,33). The van der Waals surface area contributed by atoms with Crippen LogP contribution in [-0.4, -0.2) is 36.5 Å². The maximum absolute atomic E-state index is 12.1. The van der Waals surface area contributed by atoms with E-state index in [-0.39, 0.29) is 24.9 Å². The number of phosphoric ester groups is 1. The molecule has 0 heterocycles. The molecule has 0 aromatic heterocycles. The second-order valence-corrected chi connectivity index (χ2v) is 11.7. The van der Waals surface area contributed by atoms with Gasteiger partial charge in [0, 0.05) is 13.0 Å². The zero-order valence-electron chi connectivity index (χ0n) is 23.5. The Morgan fingerprint density at radius 3 is 2.14 bits per heavy atom. The van der Waals surface area contributed by atoms with E-state index in [2.05, 4.69) is 19.1 Å². The molecule has 0 bridgehead atoms. The summed E-state index contributed by atoms with van der Waals surface area (Å²) in [7, 11) is -4.19. The fourth-order valence-electron chi connectivity index (χ4n) is 4.28. The first-order valence-electron chi connectivity index (χ1n) is 14.3. The number of Topliss-reactive ketones (excluding diaryl/α,β-unsaturated/α-hetero) is 1. The summed E-state index contributed by atoms with van der Waals surface area (Å²) in [6, 6.07) is 8.18. The average molecular weight is 542 g/mol. The molecule has 1 rings (SSSR count). The molecule has 3 atom stereocenters. The van der Waals surface area contributed by atoms with Gasteiger partial charge < -0.3 is 20.2 Å². The zero-order valence-corrected chi connectivity index (χ0v) is 24.4. The number of hydrogen-bond donors (Lipinski definition) is 2. The summed E-state index contributed by atoms with van der Waals surface area (Å²) in [6.07, 6.45) is 15.3. The predicted octanol–water partition coefficient (Wildman–Crippen LogP) is 7.39. The Labute approximate surface area is 225 Å². The Morgan fingerprint density at radius 1 is 0.973 bits per heavy atom. The third kappa shape index (κ3) is 18.6. The third-order valence-electron chi connectivity index (χ3n) is 6.46. The van der Waals surface area contributed by atoms with Gasteiger partial charge in [0.15, 0.2) is 0 Å². The lowest BCUT2D eigenvalue weighted by atomic mass is 9.96. The van der Waals surface area contributed by atoms with Gasteiger partial charge in [-0.15, -0.1) is 0 Å². The quantitative estimate of drug-likeness (QED) is 0.104. The number of carbonyl (C=O) groups is 1. The van der Waals surface area contributed by atoms with Crippen molar-refractivity contribution >= 4 is 13.6 Å². The fourth-order valence-corrected chi connectivity index (χ4v) is 5.28. The molecule has 0 aliphatic carbocycles. The van der Waals surface area contributed by atoms with Crippen LogP contribution in [0, 0.1) is 5.92 Å². The molecule has 0 amide bonds. The summed E-state index contributed by atoms with van der Waals surface area (Å²) in [5.41, 5.74) is 6.63. The highest BCUT2D eigenvalue weighted by Crippen LogP contribution is 2.45. The van der Waals surface area contributed by atoms with Crippen molar-refractivity contribution in [2.75, 3.05) is 19.8 Å². The summed E-state index contributed by atoms with van der Waals surface area (Å²) in [5.74, 6) is 0.785. The largest absolute Gasteiger partial charge is 0.494 e. The van der Waals surface area contributed by atoms with Crippen molar-refractivity contribution in [3.05, 3.63) is 29.8 Å². The Morgan fingerprint density at radius 2 is 1.57 bits per heavy atom. The topological polar surface area (TPSA) is 108 Å². The van der Waals surface area contributed by atoms with Crippen LogP contribution in [0.15, 0.2) is 24.3 Å². The first-order chi connectivity index (χ1) is 17.8. The van der Waals surface area contributed by atoms with Crippen molar-refractivity contribution < 1.29 is 28.0 Å². The number of ether oxygens (including phenoxy) is 1. The van der Waals surface area contributed by atoms with Crippen LogP contribution in [0.5, 0.6) is 5.75 Å². The number of hydrogen-bond acceptors (Lipinski definition) is 6. The molecule has 7 nitrogen and oxygen atoms in total. The molecule has 0 aliphatic rings. The molecule has 0 spiro atoms. The molecular formula is C29H52NO6P. The lowest BCUT2D eigenvalue weighted by Crippen LogP contribution is -2.20. The lowest BCUT2D eigenvalue weighted by Gasteiger charge is -2.20. The average Bonchev–Trinajstić information content (AvgIpc) is 2.86. The van der Waals surface area contributed by atoms with Crippen LogP contribution < -0.4 is 10.5 Å². The van der Waals surface area contributed by atoms with E-state index in [1.807, 2.05) is 12.1 Å². The second kappa shape index (κ2) is 20.7. The van der Waals surface area contributed by atoms with Gasteiger partial charge in [-0.1, -0.05) is 76.8 Å². The summed E-state index contributed by atoms with van der Waals surface area (Å²) in [5, 5.41) is 0. The number of unbranched alkanes of at least 4 members (excludes halogenated alkanes) is 9. The Kier molecular flexibility index (Phi) is 18.9. The number of aryl methyl sites for hydroxylation is 1. The van der Waals surface area contributed by atoms with Crippen LogP contribution in [-0.2, 0) is 24.8 Å². The maximum atomic E-state index is 12.1. The highest BCUT2D eigenvalue weighted by molar-refractivity contribution is 7.47. The maximum Gasteiger partial charge on any atom is 0.472 e. The van der Waals surface area contributed by atoms with Crippen molar-refractivity contribution in [2.24, 2.45) is 11.7 Å². The molecule has 3 N–H and O–H groups in total. The molecule has 214 valence electrons. The number of nitrogens with two attached hydrogens (primary N) is 1. The van der Waals surface area contributed by atoms with E-state index in [1.54, 1.807) is 6.92 Å². The highest BCUT2D eigenvalue weighted by atomic mass is 31.2. The van der Waals surface area contributed by atoms with E-state index in [0.717, 1.165) is 31.6 Å². The van der Waals surface area contributed by atoms with Gasteiger partial charge in [-0.2, -0.15) is 0 Å². The summed E-state index contributed by atoms with van der Waals surface area (Å²) < 4.78 is 28.1. The van der Waals surface area contributed by atoms with E-state index in [1.165, 1.54) is 70.3 Å². The van der Waals surface area contributed by atoms with Gasteiger partial charge in [-0.05, 0) is 63.1 Å². The van der Waals surface area contributed by atoms with Crippen LogP contribution in [0.4, 0.5) is 0 Å². The van der Waals surface area contributed by atoms with Crippen molar-refractivity contribution in [1.29, 1.82) is 0 Å². The van der Waals surface area contributed by atoms with Crippen molar-refractivity contribution in [3.8, 4) is 5.75 Å². The van der Waals surface area contributed by atoms with Crippen LogP contribution in [0.2, 0.25) is 0 Å². The number of phosphoric acid groups is 1. The van der Waals surface area contributed by atoms with Gasteiger partial charge >= 0.3 is 7.82 Å². The summed E-state index contributed by atoms with van der Waals surface area (Å²) in [6.45, 7) is 6.25. The van der Waals surface area contributed by atoms with Gasteiger partial charge in [-0.25, -0.2) is 4.57 Å². The Bertz CT molecular complexity index is 757. The molecule has 0 radical (unpaired) electrons. The van der Waals surface area contributed by atoms with Gasteiger partial charge in [0.1, 0.15) is 11.5 Å². The fraction of sp³-hybridized carbons (Fsp3) is 0.759. The molecule has 3 unspecified atom stereocenters. The van der Waals surface area contributed by atoms with Crippen LogP contribution in [0.25, 0.3) is 0 Å². The van der Waals surface area contributed by atoms with Gasteiger partial charge in [0.2, 0.25) is 0 Å². The van der Waals surface area contributed by atoms with E-state index < -0.39 is 13.9 Å². The molecule has 37 heavy (non-hydrogen) atoms.